The van der Waals surface area contributed by atoms with Crippen LogP contribution in [0, 0.1) is 11.3 Å². The van der Waals surface area contributed by atoms with E-state index in [1.165, 1.54) is 32.4 Å². The number of methoxy groups -OCH3 is 1. The number of nitrogens with zero attached hydrogens (tertiary/aromatic N) is 1. The first-order valence-electron chi connectivity index (χ1n) is 8.32. The molecule has 1 saturated heterocycles. The number of piperazine rings is 1. The van der Waals surface area contributed by atoms with Crippen LogP contribution in [0.5, 0.6) is 0 Å². The third kappa shape index (κ3) is 5.71. The Kier molecular flexibility index (Phi) is 7.49. The van der Waals surface area contributed by atoms with E-state index in [2.05, 4.69) is 44.8 Å². The van der Waals surface area contributed by atoms with Crippen LogP contribution < -0.4 is 5.32 Å². The molecule has 0 aromatic heterocycles. The molecule has 1 fully saturated rings. The average molecular weight is 284 g/mol. The van der Waals surface area contributed by atoms with E-state index in [1.54, 1.807) is 7.11 Å². The molecule has 20 heavy (non-hydrogen) atoms. The van der Waals surface area contributed by atoms with E-state index >= 15 is 0 Å². The lowest BCUT2D eigenvalue weighted by Gasteiger charge is -2.46. The number of hydrogen-bond acceptors (Lipinski definition) is 3. The Morgan fingerprint density at radius 2 is 1.90 bits per heavy atom. The zero-order chi connectivity index (χ0) is 15.2. The molecule has 0 amide bonds. The summed E-state index contributed by atoms with van der Waals surface area (Å²) in [6.45, 7) is 16.2. The van der Waals surface area contributed by atoms with Crippen molar-refractivity contribution in [3.8, 4) is 0 Å². The molecule has 0 radical (unpaired) electrons. The van der Waals surface area contributed by atoms with Crippen molar-refractivity contribution in [2.45, 2.75) is 66.0 Å². The van der Waals surface area contributed by atoms with Crippen molar-refractivity contribution in [1.82, 2.24) is 10.2 Å². The van der Waals surface area contributed by atoms with E-state index in [0.717, 1.165) is 19.1 Å². The second-order valence-corrected chi connectivity index (χ2v) is 7.69. The van der Waals surface area contributed by atoms with Crippen molar-refractivity contribution in [2.24, 2.45) is 11.3 Å². The summed E-state index contributed by atoms with van der Waals surface area (Å²) >= 11 is 0. The maximum Gasteiger partial charge on any atom is 0.0462 e. The molecule has 2 unspecified atom stereocenters. The molecule has 0 bridgehead atoms. The van der Waals surface area contributed by atoms with Gasteiger partial charge in [-0.05, 0) is 37.1 Å². The van der Waals surface area contributed by atoms with Gasteiger partial charge in [-0.15, -0.1) is 0 Å². The van der Waals surface area contributed by atoms with Gasteiger partial charge in [0.2, 0.25) is 0 Å². The number of unbranched alkanes of at least 4 members (excludes halogenated alkanes) is 2. The average Bonchev–Trinajstić information content (AvgIpc) is 2.37. The van der Waals surface area contributed by atoms with Crippen molar-refractivity contribution in [3.63, 3.8) is 0 Å². The minimum Gasteiger partial charge on any atom is -0.385 e. The second kappa shape index (κ2) is 8.35. The summed E-state index contributed by atoms with van der Waals surface area (Å²) in [6.07, 6.45) is 3.77. The Morgan fingerprint density at radius 1 is 1.20 bits per heavy atom. The lowest BCUT2D eigenvalue weighted by Crippen LogP contribution is -2.61. The Morgan fingerprint density at radius 3 is 2.45 bits per heavy atom. The molecule has 0 aliphatic carbocycles. The van der Waals surface area contributed by atoms with Gasteiger partial charge in [-0.2, -0.15) is 0 Å². The van der Waals surface area contributed by atoms with Gasteiger partial charge in [0, 0.05) is 38.9 Å². The highest BCUT2D eigenvalue weighted by atomic mass is 16.5. The van der Waals surface area contributed by atoms with Crippen molar-refractivity contribution < 1.29 is 4.74 Å². The predicted molar refractivity (Wildman–Crippen MR) is 87.2 cm³/mol. The van der Waals surface area contributed by atoms with Crippen LogP contribution in [0.15, 0.2) is 0 Å². The van der Waals surface area contributed by atoms with Gasteiger partial charge in [0.25, 0.3) is 0 Å². The van der Waals surface area contributed by atoms with E-state index in [-0.39, 0.29) is 0 Å². The zero-order valence-corrected chi connectivity index (χ0v) is 14.5. The lowest BCUT2D eigenvalue weighted by molar-refractivity contribution is 0.0613. The molecule has 0 spiro atoms. The predicted octanol–water partition coefficient (Wildman–Crippen LogP) is 3.15. The maximum atomic E-state index is 5.13. The molecule has 1 rings (SSSR count). The van der Waals surface area contributed by atoms with Gasteiger partial charge < -0.3 is 10.1 Å². The fourth-order valence-corrected chi connectivity index (χ4v) is 3.06. The van der Waals surface area contributed by atoms with Gasteiger partial charge in [0.05, 0.1) is 0 Å². The van der Waals surface area contributed by atoms with E-state index < -0.39 is 0 Å². The van der Waals surface area contributed by atoms with E-state index in [4.69, 9.17) is 4.74 Å². The van der Waals surface area contributed by atoms with Gasteiger partial charge in [-0.1, -0.05) is 34.6 Å². The van der Waals surface area contributed by atoms with Crippen molar-refractivity contribution in [2.75, 3.05) is 33.4 Å². The van der Waals surface area contributed by atoms with Crippen molar-refractivity contribution in [3.05, 3.63) is 0 Å². The number of ether oxygens (including phenoxy) is 1. The van der Waals surface area contributed by atoms with Gasteiger partial charge >= 0.3 is 0 Å². The maximum absolute atomic E-state index is 5.13. The highest BCUT2D eigenvalue weighted by molar-refractivity contribution is 4.92. The van der Waals surface area contributed by atoms with Crippen LogP contribution in [0.4, 0.5) is 0 Å². The standard InChI is InChI=1S/C17H36N2O/c1-14(2)15-12-18-16(17(3,4)5)13-19(15)10-8-7-9-11-20-6/h14-16,18H,7-13H2,1-6H3. The molecule has 3 heteroatoms. The summed E-state index contributed by atoms with van der Waals surface area (Å²) < 4.78 is 5.13. The van der Waals surface area contributed by atoms with Crippen LogP contribution in [0.1, 0.15) is 53.9 Å². The topological polar surface area (TPSA) is 24.5 Å². The van der Waals surface area contributed by atoms with Gasteiger partial charge in [-0.25, -0.2) is 0 Å². The minimum atomic E-state index is 0.344. The number of hydrogen-bond donors (Lipinski definition) is 1. The summed E-state index contributed by atoms with van der Waals surface area (Å²) in [5.74, 6) is 0.724. The molecule has 3 nitrogen and oxygen atoms in total. The van der Waals surface area contributed by atoms with Gasteiger partial charge in [0.1, 0.15) is 0 Å². The normalized spacial score (nSPS) is 25.4. The molecule has 120 valence electrons. The van der Waals surface area contributed by atoms with Crippen LogP contribution in [0.25, 0.3) is 0 Å². The van der Waals surface area contributed by atoms with E-state index in [9.17, 15) is 0 Å². The molecule has 0 aromatic rings. The van der Waals surface area contributed by atoms with Crippen LogP contribution in [0.2, 0.25) is 0 Å². The van der Waals surface area contributed by atoms with Gasteiger partial charge in [0.15, 0.2) is 0 Å². The third-order valence-electron chi connectivity index (χ3n) is 4.57. The molecule has 1 aliphatic heterocycles. The quantitative estimate of drug-likeness (QED) is 0.727. The van der Waals surface area contributed by atoms with Crippen molar-refractivity contribution >= 4 is 0 Å². The Hall–Kier alpha value is -0.120. The van der Waals surface area contributed by atoms with Gasteiger partial charge in [-0.3, -0.25) is 4.90 Å². The summed E-state index contributed by atoms with van der Waals surface area (Å²) in [4.78, 5) is 2.73. The summed E-state index contributed by atoms with van der Waals surface area (Å²) in [6, 6.07) is 1.30. The summed E-state index contributed by atoms with van der Waals surface area (Å²) in [5.41, 5.74) is 0.344. The first-order valence-corrected chi connectivity index (χ1v) is 8.32. The first-order chi connectivity index (χ1) is 9.36. The third-order valence-corrected chi connectivity index (χ3v) is 4.57. The molecular weight excluding hydrogens is 248 g/mol. The molecule has 0 saturated carbocycles. The Bertz CT molecular complexity index is 260. The van der Waals surface area contributed by atoms with Crippen molar-refractivity contribution in [1.29, 1.82) is 0 Å². The minimum absolute atomic E-state index is 0.344. The zero-order valence-electron chi connectivity index (χ0n) is 14.5. The largest absolute Gasteiger partial charge is 0.385 e. The fourth-order valence-electron chi connectivity index (χ4n) is 3.06. The number of nitrogens with one attached hydrogen (secondary N) is 1. The molecule has 0 aromatic carbocycles. The Balaban J connectivity index is 2.47. The molecule has 1 heterocycles. The monoisotopic (exact) mass is 284 g/mol. The summed E-state index contributed by atoms with van der Waals surface area (Å²) in [5, 5.41) is 3.77. The molecule has 1 N–H and O–H groups in total. The number of rotatable bonds is 7. The van der Waals surface area contributed by atoms with E-state index in [0.29, 0.717) is 17.5 Å². The highest BCUT2D eigenvalue weighted by Crippen LogP contribution is 2.25. The molecular formula is C17H36N2O. The first kappa shape index (κ1) is 17.9. The van der Waals surface area contributed by atoms with Crippen LogP contribution >= 0.6 is 0 Å². The van der Waals surface area contributed by atoms with Crippen LogP contribution in [0.3, 0.4) is 0 Å². The second-order valence-electron chi connectivity index (χ2n) is 7.69. The van der Waals surface area contributed by atoms with Crippen LogP contribution in [-0.4, -0.2) is 50.3 Å². The highest BCUT2D eigenvalue weighted by Gasteiger charge is 2.34. The summed E-state index contributed by atoms with van der Waals surface area (Å²) in [7, 11) is 1.79. The van der Waals surface area contributed by atoms with Crippen LogP contribution in [-0.2, 0) is 4.74 Å². The lowest BCUT2D eigenvalue weighted by atomic mass is 9.83. The smallest absolute Gasteiger partial charge is 0.0462 e. The fraction of sp³-hybridized carbons (Fsp3) is 1.00. The Labute approximate surface area is 126 Å². The SMILES string of the molecule is COCCCCCN1CC(C(C)(C)C)NCC1C(C)C. The molecule has 2 atom stereocenters. The van der Waals surface area contributed by atoms with E-state index in [1.807, 2.05) is 0 Å². The molecule has 1 aliphatic rings.